The van der Waals surface area contributed by atoms with Crippen LogP contribution in [0.2, 0.25) is 0 Å². The highest BCUT2D eigenvalue weighted by molar-refractivity contribution is 6.11. The van der Waals surface area contributed by atoms with E-state index in [2.05, 4.69) is 47.6 Å². The second-order valence-electron chi connectivity index (χ2n) is 6.69. The first-order valence-corrected chi connectivity index (χ1v) is 7.28. The van der Waals surface area contributed by atoms with Crippen LogP contribution in [0.1, 0.15) is 54.4 Å². The highest BCUT2D eigenvalue weighted by atomic mass is 16.1. The number of nitrogens with zero attached hydrogens (tertiary/aromatic N) is 1. The third-order valence-corrected chi connectivity index (χ3v) is 4.57. The predicted octanol–water partition coefficient (Wildman–Crippen LogP) is 4.74. The van der Waals surface area contributed by atoms with Gasteiger partial charge in [-0.2, -0.15) is 5.26 Å². The van der Waals surface area contributed by atoms with E-state index in [1.54, 1.807) is 0 Å². The molecule has 0 unspecified atom stereocenters. The highest BCUT2D eigenvalue weighted by Gasteiger charge is 2.36. The van der Waals surface area contributed by atoms with Gasteiger partial charge in [0.1, 0.15) is 0 Å². The van der Waals surface area contributed by atoms with Gasteiger partial charge in [0.15, 0.2) is 5.78 Å². The minimum absolute atomic E-state index is 0.138. The number of hydrogen-bond donors (Lipinski definition) is 0. The van der Waals surface area contributed by atoms with Crippen LogP contribution in [0.5, 0.6) is 0 Å². The van der Waals surface area contributed by atoms with Crippen LogP contribution < -0.4 is 0 Å². The molecule has 2 heteroatoms. The summed E-state index contributed by atoms with van der Waals surface area (Å²) in [6, 6.07) is 2.07. The molecule has 0 atom stereocenters. The fraction of sp³-hybridized carbons (Fsp3) is 0.556. The Morgan fingerprint density at radius 2 is 1.45 bits per heavy atom. The number of carbonyl (C=O) groups excluding carboxylic acids is 1. The van der Waals surface area contributed by atoms with Crippen molar-refractivity contribution in [1.29, 1.82) is 5.26 Å². The predicted molar refractivity (Wildman–Crippen MR) is 83.0 cm³/mol. The average Bonchev–Trinajstić information content (AvgIpc) is 2.40. The van der Waals surface area contributed by atoms with Crippen LogP contribution in [0.25, 0.3) is 0 Å². The number of Topliss-reactive ketones (excluding diaryl/α,β-unsaturated/α-hetero) is 1. The zero-order valence-electron chi connectivity index (χ0n) is 13.5. The molecule has 2 nitrogen and oxygen atoms in total. The summed E-state index contributed by atoms with van der Waals surface area (Å²) >= 11 is 0. The Labute approximate surface area is 122 Å². The maximum absolute atomic E-state index is 12.8. The summed E-state index contributed by atoms with van der Waals surface area (Å²) in [7, 11) is 0. The number of nitriles is 1. The summed E-state index contributed by atoms with van der Waals surface area (Å²) < 4.78 is 0. The molecule has 1 aliphatic carbocycles. The molecular formula is C18H25NO. The highest BCUT2D eigenvalue weighted by Crippen LogP contribution is 2.41. The van der Waals surface area contributed by atoms with Crippen molar-refractivity contribution in [3.05, 3.63) is 34.9 Å². The van der Waals surface area contributed by atoms with Crippen molar-refractivity contribution in [3.8, 4) is 6.07 Å². The number of rotatable bonds is 4. The van der Waals surface area contributed by atoms with Gasteiger partial charge in [0.2, 0.25) is 0 Å². The second kappa shape index (κ2) is 5.79. The number of hydrogen-bond acceptors (Lipinski definition) is 2. The van der Waals surface area contributed by atoms with Crippen molar-refractivity contribution in [2.45, 2.75) is 54.4 Å². The van der Waals surface area contributed by atoms with Gasteiger partial charge in [-0.05, 0) is 41.4 Å². The molecule has 0 saturated heterocycles. The van der Waals surface area contributed by atoms with E-state index in [-0.39, 0.29) is 16.6 Å². The van der Waals surface area contributed by atoms with Crippen LogP contribution in [0.4, 0.5) is 0 Å². The van der Waals surface area contributed by atoms with Crippen LogP contribution in [-0.4, -0.2) is 5.78 Å². The van der Waals surface area contributed by atoms with Crippen molar-refractivity contribution >= 4 is 5.78 Å². The van der Waals surface area contributed by atoms with Crippen molar-refractivity contribution in [2.75, 3.05) is 0 Å². The van der Waals surface area contributed by atoms with Crippen LogP contribution in [0, 0.1) is 22.2 Å². The largest absolute Gasteiger partial charge is 0.289 e. The van der Waals surface area contributed by atoms with Gasteiger partial charge in [0.25, 0.3) is 0 Å². The Kier molecular flexibility index (Phi) is 4.76. The van der Waals surface area contributed by atoms with E-state index in [1.165, 1.54) is 6.08 Å². The molecule has 1 aliphatic rings. The molecule has 0 amide bonds. The normalized spacial score (nSPS) is 16.4. The molecule has 0 aromatic rings. The van der Waals surface area contributed by atoms with Crippen molar-refractivity contribution in [3.63, 3.8) is 0 Å². The average molecular weight is 271 g/mol. The fourth-order valence-electron chi connectivity index (χ4n) is 2.20. The molecule has 0 spiro atoms. The zero-order chi connectivity index (χ0) is 15.6. The van der Waals surface area contributed by atoms with Gasteiger partial charge < -0.3 is 0 Å². The molecule has 0 fully saturated rings. The number of carbonyl (C=O) groups is 1. The van der Waals surface area contributed by atoms with Crippen molar-refractivity contribution < 1.29 is 4.79 Å². The topological polar surface area (TPSA) is 40.9 Å². The molecule has 0 bridgehead atoms. The Morgan fingerprint density at radius 1 is 1.05 bits per heavy atom. The minimum atomic E-state index is -0.172. The molecule has 0 heterocycles. The van der Waals surface area contributed by atoms with E-state index >= 15 is 0 Å². The van der Waals surface area contributed by atoms with Gasteiger partial charge in [-0.15, -0.1) is 0 Å². The van der Waals surface area contributed by atoms with Gasteiger partial charge in [0, 0.05) is 17.2 Å². The molecule has 108 valence electrons. The molecule has 0 saturated carbocycles. The summed E-state index contributed by atoms with van der Waals surface area (Å²) in [6.07, 6.45) is 7.06. The third-order valence-electron chi connectivity index (χ3n) is 4.57. The monoisotopic (exact) mass is 271 g/mol. The quantitative estimate of drug-likeness (QED) is 0.693. The Bertz CT molecular complexity index is 498. The van der Waals surface area contributed by atoms with Crippen LogP contribution in [0.3, 0.4) is 0 Å². The maximum Gasteiger partial charge on any atom is 0.186 e. The van der Waals surface area contributed by atoms with E-state index in [0.717, 1.165) is 29.6 Å². The van der Waals surface area contributed by atoms with E-state index in [1.807, 2.05) is 12.2 Å². The van der Waals surface area contributed by atoms with Gasteiger partial charge >= 0.3 is 0 Å². The second-order valence-corrected chi connectivity index (χ2v) is 6.69. The molecule has 0 aromatic heterocycles. The molecular weight excluding hydrogens is 246 g/mol. The van der Waals surface area contributed by atoms with E-state index < -0.39 is 0 Å². The lowest BCUT2D eigenvalue weighted by Crippen LogP contribution is -2.30. The van der Waals surface area contributed by atoms with Crippen molar-refractivity contribution in [1.82, 2.24) is 0 Å². The molecule has 0 aliphatic heterocycles. The van der Waals surface area contributed by atoms with E-state index in [0.29, 0.717) is 0 Å². The smallest absolute Gasteiger partial charge is 0.186 e. The first-order valence-electron chi connectivity index (χ1n) is 7.28. The Morgan fingerprint density at radius 3 is 1.75 bits per heavy atom. The maximum atomic E-state index is 12.8. The summed E-state index contributed by atoms with van der Waals surface area (Å²) in [5.41, 5.74) is 2.13. The summed E-state index contributed by atoms with van der Waals surface area (Å²) in [5.74, 6) is 0.138. The molecule has 0 radical (unpaired) electrons. The molecule has 1 rings (SSSR count). The molecule has 0 aromatic carbocycles. The first-order chi connectivity index (χ1) is 9.19. The Balaban J connectivity index is 3.43. The lowest BCUT2D eigenvalue weighted by atomic mass is 9.69. The summed E-state index contributed by atoms with van der Waals surface area (Å²) in [4.78, 5) is 12.8. The zero-order valence-corrected chi connectivity index (χ0v) is 13.5. The Hall–Kier alpha value is -1.62. The van der Waals surface area contributed by atoms with Gasteiger partial charge in [-0.25, -0.2) is 0 Å². The van der Waals surface area contributed by atoms with Crippen LogP contribution in [0.15, 0.2) is 34.9 Å². The van der Waals surface area contributed by atoms with Crippen LogP contribution >= 0.6 is 0 Å². The lowest BCUT2D eigenvalue weighted by molar-refractivity contribution is -0.114. The molecule has 20 heavy (non-hydrogen) atoms. The van der Waals surface area contributed by atoms with E-state index in [9.17, 15) is 4.79 Å². The lowest BCUT2D eigenvalue weighted by Gasteiger charge is -2.34. The molecule has 0 N–H and O–H groups in total. The number of allylic oxidation sites excluding steroid dienone is 6. The SMILES string of the molecule is CCC(C)(C)C1=CC(=CC#N)C=C(C(C)(C)CC)C1=O. The number of ketones is 1. The summed E-state index contributed by atoms with van der Waals surface area (Å²) in [5, 5.41) is 8.91. The standard InChI is InChI=1S/C18H25NO/c1-7-17(3,4)14-11-13(9-10-19)12-15(16(14)20)18(5,6)8-2/h9,11-12H,7-8H2,1-6H3. The van der Waals surface area contributed by atoms with Gasteiger partial charge in [-0.3, -0.25) is 4.79 Å². The summed E-state index contributed by atoms with van der Waals surface area (Å²) in [6.45, 7) is 12.5. The van der Waals surface area contributed by atoms with Gasteiger partial charge in [0.05, 0.1) is 6.07 Å². The van der Waals surface area contributed by atoms with Crippen LogP contribution in [-0.2, 0) is 4.79 Å². The third kappa shape index (κ3) is 3.10. The van der Waals surface area contributed by atoms with Gasteiger partial charge in [-0.1, -0.05) is 41.5 Å². The van der Waals surface area contributed by atoms with E-state index in [4.69, 9.17) is 5.26 Å². The minimum Gasteiger partial charge on any atom is -0.289 e. The fourth-order valence-corrected chi connectivity index (χ4v) is 2.20. The first kappa shape index (κ1) is 16.4. The van der Waals surface area contributed by atoms with Crippen molar-refractivity contribution in [2.24, 2.45) is 10.8 Å².